The van der Waals surface area contributed by atoms with Crippen molar-refractivity contribution in [3.05, 3.63) is 77.5 Å². The molecule has 7 nitrogen and oxygen atoms in total. The van der Waals surface area contributed by atoms with Crippen molar-refractivity contribution < 1.29 is 13.9 Å². The van der Waals surface area contributed by atoms with E-state index in [0.717, 1.165) is 16.7 Å². The Kier molecular flexibility index (Phi) is 4.83. The van der Waals surface area contributed by atoms with Gasteiger partial charge in [-0.05, 0) is 48.5 Å². The van der Waals surface area contributed by atoms with Crippen LogP contribution in [0.4, 0.5) is 4.39 Å². The molecular weight excluding hydrogens is 421 g/mol. The van der Waals surface area contributed by atoms with Crippen LogP contribution in [0.3, 0.4) is 0 Å². The number of methoxy groups -OCH3 is 1. The van der Waals surface area contributed by atoms with Gasteiger partial charge in [0.2, 0.25) is 0 Å². The first-order valence-corrected chi connectivity index (χ1v) is 9.72. The normalized spacial score (nSPS) is 11.2. The van der Waals surface area contributed by atoms with Gasteiger partial charge in [0.15, 0.2) is 11.5 Å². The first-order chi connectivity index (χ1) is 15.1. The number of benzene rings is 2. The Morgan fingerprint density at radius 1 is 1.03 bits per heavy atom. The van der Waals surface area contributed by atoms with Crippen LogP contribution >= 0.6 is 11.6 Å². The van der Waals surface area contributed by atoms with E-state index < -0.39 is 5.82 Å². The second-order valence-electron chi connectivity index (χ2n) is 6.71. The van der Waals surface area contributed by atoms with E-state index in [1.807, 2.05) is 18.2 Å². The molecule has 0 atom stereocenters. The number of hydrogen-bond donors (Lipinski definition) is 0. The molecule has 3 heterocycles. The standard InChI is InChI=1S/C22H15ClFN5O2/c1-30-14-3-4-15-19(11-14)25-9-8-20(15)31-12-22-27-26-21-7-6-18(28-29(21)22)13-2-5-17(24)16(23)10-13/h2-11H,12H2,1H3. The molecule has 0 radical (unpaired) electrons. The molecule has 154 valence electrons. The summed E-state index contributed by atoms with van der Waals surface area (Å²) in [6, 6.07) is 15.4. The van der Waals surface area contributed by atoms with Gasteiger partial charge in [0.05, 0.1) is 23.3 Å². The molecule has 0 fully saturated rings. The van der Waals surface area contributed by atoms with Crippen molar-refractivity contribution in [2.24, 2.45) is 0 Å². The molecule has 0 saturated carbocycles. The molecule has 5 rings (SSSR count). The molecule has 31 heavy (non-hydrogen) atoms. The van der Waals surface area contributed by atoms with Gasteiger partial charge in [0.25, 0.3) is 0 Å². The second-order valence-corrected chi connectivity index (χ2v) is 7.12. The molecule has 0 amide bonds. The lowest BCUT2D eigenvalue weighted by atomic mass is 10.1. The molecule has 0 aliphatic carbocycles. The van der Waals surface area contributed by atoms with E-state index in [1.54, 1.807) is 42.1 Å². The summed E-state index contributed by atoms with van der Waals surface area (Å²) < 4.78 is 26.3. The minimum Gasteiger partial charge on any atom is -0.497 e. The number of pyridine rings is 1. The first kappa shape index (κ1) is 19.2. The maximum Gasteiger partial charge on any atom is 0.192 e. The van der Waals surface area contributed by atoms with E-state index in [9.17, 15) is 4.39 Å². The van der Waals surface area contributed by atoms with Crippen LogP contribution in [-0.4, -0.2) is 31.9 Å². The van der Waals surface area contributed by atoms with Crippen LogP contribution < -0.4 is 9.47 Å². The van der Waals surface area contributed by atoms with Gasteiger partial charge < -0.3 is 9.47 Å². The SMILES string of the molecule is COc1ccc2c(OCc3nnc4ccc(-c5ccc(F)c(Cl)c5)nn34)ccnc2c1. The molecule has 2 aromatic carbocycles. The molecule has 3 aromatic heterocycles. The van der Waals surface area contributed by atoms with Crippen molar-refractivity contribution in [1.82, 2.24) is 24.8 Å². The maximum atomic E-state index is 13.5. The Bertz CT molecular complexity index is 1420. The highest BCUT2D eigenvalue weighted by Crippen LogP contribution is 2.28. The van der Waals surface area contributed by atoms with Crippen LogP contribution in [0.5, 0.6) is 11.5 Å². The van der Waals surface area contributed by atoms with Crippen LogP contribution in [0.1, 0.15) is 5.82 Å². The fourth-order valence-electron chi connectivity index (χ4n) is 3.23. The molecule has 5 aromatic rings. The summed E-state index contributed by atoms with van der Waals surface area (Å²) >= 11 is 5.91. The van der Waals surface area contributed by atoms with Crippen molar-refractivity contribution in [2.75, 3.05) is 7.11 Å². The van der Waals surface area contributed by atoms with Crippen molar-refractivity contribution >= 4 is 28.2 Å². The Labute approximate surface area is 181 Å². The zero-order valence-electron chi connectivity index (χ0n) is 16.3. The summed E-state index contributed by atoms with van der Waals surface area (Å²) in [7, 11) is 1.61. The minimum atomic E-state index is -0.480. The number of fused-ring (bicyclic) bond motifs is 2. The first-order valence-electron chi connectivity index (χ1n) is 9.35. The van der Waals surface area contributed by atoms with Crippen molar-refractivity contribution in [3.8, 4) is 22.8 Å². The van der Waals surface area contributed by atoms with Crippen LogP contribution in [0.2, 0.25) is 5.02 Å². The van der Waals surface area contributed by atoms with Crippen LogP contribution in [0.25, 0.3) is 27.8 Å². The number of nitrogens with zero attached hydrogens (tertiary/aromatic N) is 5. The monoisotopic (exact) mass is 435 g/mol. The summed E-state index contributed by atoms with van der Waals surface area (Å²) in [6.07, 6.45) is 1.67. The third-order valence-electron chi connectivity index (χ3n) is 4.81. The highest BCUT2D eigenvalue weighted by atomic mass is 35.5. The van der Waals surface area contributed by atoms with Crippen molar-refractivity contribution in [2.45, 2.75) is 6.61 Å². The van der Waals surface area contributed by atoms with Gasteiger partial charge in [-0.1, -0.05) is 11.6 Å². The molecule has 9 heteroatoms. The Hall–Kier alpha value is -3.78. The highest BCUT2D eigenvalue weighted by Gasteiger charge is 2.12. The molecule has 0 bridgehead atoms. The largest absolute Gasteiger partial charge is 0.497 e. The molecule has 0 aliphatic heterocycles. The predicted molar refractivity (Wildman–Crippen MR) is 114 cm³/mol. The molecular formula is C22H15ClFN5O2. The molecule has 0 unspecified atom stereocenters. The Morgan fingerprint density at radius 3 is 2.77 bits per heavy atom. The van der Waals surface area contributed by atoms with Gasteiger partial charge in [-0.3, -0.25) is 4.98 Å². The smallest absolute Gasteiger partial charge is 0.192 e. The second kappa shape index (κ2) is 7.81. The third kappa shape index (κ3) is 3.62. The Morgan fingerprint density at radius 2 is 1.94 bits per heavy atom. The average Bonchev–Trinajstić information content (AvgIpc) is 3.21. The van der Waals surface area contributed by atoms with E-state index in [1.165, 1.54) is 12.1 Å². The maximum absolute atomic E-state index is 13.5. The van der Waals surface area contributed by atoms with E-state index in [-0.39, 0.29) is 11.6 Å². The summed E-state index contributed by atoms with van der Waals surface area (Å²) in [5.74, 6) is 1.42. The fourth-order valence-corrected chi connectivity index (χ4v) is 3.41. The van der Waals surface area contributed by atoms with Gasteiger partial charge in [-0.25, -0.2) is 4.39 Å². The average molecular weight is 436 g/mol. The Balaban J connectivity index is 1.46. The predicted octanol–water partition coefficient (Wildman–Crippen LogP) is 4.72. The van der Waals surface area contributed by atoms with Crippen molar-refractivity contribution in [1.29, 1.82) is 0 Å². The van der Waals surface area contributed by atoms with Gasteiger partial charge in [-0.15, -0.1) is 10.2 Å². The quantitative estimate of drug-likeness (QED) is 0.397. The zero-order chi connectivity index (χ0) is 21.4. The summed E-state index contributed by atoms with van der Waals surface area (Å²) in [6.45, 7) is 0.146. The van der Waals surface area contributed by atoms with Gasteiger partial charge in [0.1, 0.15) is 23.9 Å². The van der Waals surface area contributed by atoms with Crippen molar-refractivity contribution in [3.63, 3.8) is 0 Å². The van der Waals surface area contributed by atoms with Gasteiger partial charge in [-0.2, -0.15) is 9.61 Å². The lowest BCUT2D eigenvalue weighted by Crippen LogP contribution is -2.05. The van der Waals surface area contributed by atoms with Gasteiger partial charge >= 0.3 is 0 Å². The fraction of sp³-hybridized carbons (Fsp3) is 0.0909. The van der Waals surface area contributed by atoms with Crippen LogP contribution in [0, 0.1) is 5.82 Å². The van der Waals surface area contributed by atoms with E-state index in [2.05, 4.69) is 20.3 Å². The summed E-state index contributed by atoms with van der Waals surface area (Å²) in [5, 5.41) is 13.8. The van der Waals surface area contributed by atoms with E-state index in [4.69, 9.17) is 21.1 Å². The summed E-state index contributed by atoms with van der Waals surface area (Å²) in [5.41, 5.74) is 2.62. The van der Waals surface area contributed by atoms with E-state index >= 15 is 0 Å². The number of aromatic nitrogens is 5. The lowest BCUT2D eigenvalue weighted by Gasteiger charge is -2.09. The zero-order valence-corrected chi connectivity index (χ0v) is 17.0. The number of rotatable bonds is 5. The molecule has 0 saturated heterocycles. The lowest BCUT2D eigenvalue weighted by molar-refractivity contribution is 0.296. The summed E-state index contributed by atoms with van der Waals surface area (Å²) in [4.78, 5) is 4.36. The number of hydrogen-bond acceptors (Lipinski definition) is 6. The van der Waals surface area contributed by atoms with Crippen LogP contribution in [-0.2, 0) is 6.61 Å². The minimum absolute atomic E-state index is 0.0351. The van der Waals surface area contributed by atoms with Gasteiger partial charge in [0, 0.05) is 23.2 Å². The topological polar surface area (TPSA) is 74.4 Å². The molecule has 0 N–H and O–H groups in total. The third-order valence-corrected chi connectivity index (χ3v) is 5.10. The van der Waals surface area contributed by atoms with E-state index in [0.29, 0.717) is 28.5 Å². The van der Waals surface area contributed by atoms with Crippen LogP contribution in [0.15, 0.2) is 60.8 Å². The number of halogens is 2. The number of ether oxygens (including phenoxy) is 2. The molecule has 0 aliphatic rings. The highest BCUT2D eigenvalue weighted by molar-refractivity contribution is 6.31. The molecule has 0 spiro atoms.